The molecule has 1 aliphatic rings. The van der Waals surface area contributed by atoms with Gasteiger partial charge in [0.05, 0.1) is 0 Å². The van der Waals surface area contributed by atoms with Crippen LogP contribution in [0.4, 0.5) is 13.2 Å². The molecule has 1 saturated carbocycles. The minimum Gasteiger partial charge on any atom is -0.354 e. The van der Waals surface area contributed by atoms with Crippen molar-refractivity contribution in [2.75, 3.05) is 19.8 Å². The van der Waals surface area contributed by atoms with Gasteiger partial charge in [-0.2, -0.15) is 0 Å². The zero-order chi connectivity index (χ0) is 24.3. The van der Waals surface area contributed by atoms with Crippen LogP contribution in [-0.2, 0) is 10.3 Å². The maximum Gasteiger partial charge on any atom is 0.251 e. The van der Waals surface area contributed by atoms with E-state index >= 15 is 0 Å². The molecular weight excluding hydrogens is 425 g/mol. The van der Waals surface area contributed by atoms with E-state index < -0.39 is 24.2 Å². The topological polar surface area (TPSA) is 41.1 Å². The lowest BCUT2D eigenvalue weighted by Crippen LogP contribution is -2.45. The summed E-state index contributed by atoms with van der Waals surface area (Å²) in [5.74, 6) is -1.03. The van der Waals surface area contributed by atoms with E-state index in [0.717, 1.165) is 31.9 Å². The predicted molar refractivity (Wildman–Crippen MR) is 128 cm³/mol. The molecule has 0 aliphatic heterocycles. The Hall–Kier alpha value is -2.34. The molecule has 0 aromatic heterocycles. The zero-order valence-electron chi connectivity index (χ0n) is 20.0. The van der Waals surface area contributed by atoms with Crippen LogP contribution in [-0.4, -0.2) is 25.7 Å². The van der Waals surface area contributed by atoms with Crippen molar-refractivity contribution >= 4 is 5.91 Å². The molecule has 33 heavy (non-hydrogen) atoms. The molecule has 0 saturated heterocycles. The summed E-state index contributed by atoms with van der Waals surface area (Å²) in [5, 5.41) is 6.36. The molecule has 2 aromatic rings. The van der Waals surface area contributed by atoms with E-state index in [1.54, 1.807) is 6.92 Å². The Morgan fingerprint density at radius 1 is 1.00 bits per heavy atom. The maximum atomic E-state index is 12.2. The molecule has 182 valence electrons. The second kappa shape index (κ2) is 13.4. The second-order valence-electron chi connectivity index (χ2n) is 9.13. The van der Waals surface area contributed by atoms with Gasteiger partial charge in [0.15, 0.2) is 6.67 Å². The van der Waals surface area contributed by atoms with Crippen molar-refractivity contribution in [3.8, 4) is 0 Å². The fourth-order valence-electron chi connectivity index (χ4n) is 4.30. The number of carbonyl (C=O) groups is 1. The smallest absolute Gasteiger partial charge is 0.251 e. The van der Waals surface area contributed by atoms with E-state index in [-0.39, 0.29) is 5.54 Å². The first-order valence-corrected chi connectivity index (χ1v) is 11.9. The van der Waals surface area contributed by atoms with Gasteiger partial charge in [-0.05, 0) is 67.5 Å². The SMILES string of the molecule is CC(C)c1cccc(C2(NCCCNC(=O)CF)CCCCC2)c1.Cc1cc(F)cc(F)c1. The fourth-order valence-corrected chi connectivity index (χ4v) is 4.30. The van der Waals surface area contributed by atoms with Crippen molar-refractivity contribution in [3.63, 3.8) is 0 Å². The average molecular weight is 463 g/mol. The minimum absolute atomic E-state index is 0.0489. The van der Waals surface area contributed by atoms with E-state index in [2.05, 4.69) is 48.7 Å². The molecule has 0 unspecified atom stereocenters. The molecule has 1 aliphatic carbocycles. The Balaban J connectivity index is 0.000000357. The van der Waals surface area contributed by atoms with Gasteiger partial charge in [-0.25, -0.2) is 13.2 Å². The van der Waals surface area contributed by atoms with Gasteiger partial charge in [0.1, 0.15) is 11.6 Å². The van der Waals surface area contributed by atoms with Crippen molar-refractivity contribution in [3.05, 3.63) is 70.8 Å². The lowest BCUT2D eigenvalue weighted by Gasteiger charge is -2.39. The number of benzene rings is 2. The van der Waals surface area contributed by atoms with Crippen LogP contribution in [0.2, 0.25) is 0 Å². The van der Waals surface area contributed by atoms with Crippen LogP contribution >= 0.6 is 0 Å². The second-order valence-corrected chi connectivity index (χ2v) is 9.13. The molecule has 0 atom stereocenters. The summed E-state index contributed by atoms with van der Waals surface area (Å²) in [4.78, 5) is 11.0. The third-order valence-corrected chi connectivity index (χ3v) is 6.08. The summed E-state index contributed by atoms with van der Waals surface area (Å²) in [5.41, 5.74) is 3.43. The summed E-state index contributed by atoms with van der Waals surface area (Å²) in [6.07, 6.45) is 6.93. The standard InChI is InChI=1S/C20H31FN2O.C7H6F2/c1-16(2)17-8-6-9-18(14-17)20(10-4-3-5-11-20)23-13-7-12-22-19(24)15-21;1-5-2-6(8)4-7(9)3-5/h6,8-9,14,16,23H,3-5,7,10-13,15H2,1-2H3,(H,22,24);2-4H,1H3. The molecule has 2 N–H and O–H groups in total. The Kier molecular flexibility index (Phi) is 10.9. The third-order valence-electron chi connectivity index (χ3n) is 6.08. The van der Waals surface area contributed by atoms with Gasteiger partial charge in [0.2, 0.25) is 0 Å². The van der Waals surface area contributed by atoms with Crippen LogP contribution in [0.1, 0.15) is 75.0 Å². The molecular formula is C27H37F3N2O. The highest BCUT2D eigenvalue weighted by Crippen LogP contribution is 2.38. The van der Waals surface area contributed by atoms with E-state index in [1.165, 1.54) is 42.5 Å². The highest BCUT2D eigenvalue weighted by atomic mass is 19.1. The van der Waals surface area contributed by atoms with E-state index in [4.69, 9.17) is 0 Å². The van der Waals surface area contributed by atoms with E-state index in [1.807, 2.05) is 0 Å². The molecule has 3 rings (SSSR count). The van der Waals surface area contributed by atoms with Crippen molar-refractivity contribution < 1.29 is 18.0 Å². The Morgan fingerprint density at radius 3 is 2.24 bits per heavy atom. The van der Waals surface area contributed by atoms with E-state index in [0.29, 0.717) is 18.0 Å². The summed E-state index contributed by atoms with van der Waals surface area (Å²) in [6, 6.07) is 12.4. The molecule has 0 heterocycles. The Morgan fingerprint density at radius 2 is 1.67 bits per heavy atom. The summed E-state index contributed by atoms with van der Waals surface area (Å²) >= 11 is 0. The highest BCUT2D eigenvalue weighted by Gasteiger charge is 2.33. The summed E-state index contributed by atoms with van der Waals surface area (Å²) in [6.45, 7) is 6.53. The first kappa shape index (κ1) is 26.9. The Bertz CT molecular complexity index is 829. The lowest BCUT2D eigenvalue weighted by atomic mass is 9.75. The molecule has 0 bridgehead atoms. The highest BCUT2D eigenvalue weighted by molar-refractivity contribution is 5.76. The van der Waals surface area contributed by atoms with E-state index in [9.17, 15) is 18.0 Å². The third kappa shape index (κ3) is 8.84. The van der Waals surface area contributed by atoms with Crippen LogP contribution in [0.15, 0.2) is 42.5 Å². The first-order chi connectivity index (χ1) is 15.8. The largest absolute Gasteiger partial charge is 0.354 e. The summed E-state index contributed by atoms with van der Waals surface area (Å²) in [7, 11) is 0. The number of nitrogens with one attached hydrogen (secondary N) is 2. The number of rotatable bonds is 8. The first-order valence-electron chi connectivity index (χ1n) is 11.9. The van der Waals surface area contributed by atoms with Gasteiger partial charge in [-0.15, -0.1) is 0 Å². The van der Waals surface area contributed by atoms with Gasteiger partial charge < -0.3 is 10.6 Å². The number of halogens is 3. The van der Waals surface area contributed by atoms with Gasteiger partial charge in [0, 0.05) is 18.2 Å². The van der Waals surface area contributed by atoms with Crippen LogP contribution in [0.5, 0.6) is 0 Å². The summed E-state index contributed by atoms with van der Waals surface area (Å²) < 4.78 is 36.5. The number of amides is 1. The van der Waals surface area contributed by atoms with Gasteiger partial charge >= 0.3 is 0 Å². The molecule has 3 nitrogen and oxygen atoms in total. The number of hydrogen-bond acceptors (Lipinski definition) is 2. The quantitative estimate of drug-likeness (QED) is 0.452. The van der Waals surface area contributed by atoms with Gasteiger partial charge in [-0.1, -0.05) is 57.4 Å². The van der Waals surface area contributed by atoms with Crippen LogP contribution < -0.4 is 10.6 Å². The van der Waals surface area contributed by atoms with Crippen molar-refractivity contribution in [2.45, 2.75) is 70.8 Å². The van der Waals surface area contributed by atoms with Gasteiger partial charge in [-0.3, -0.25) is 4.79 Å². The minimum atomic E-state index is -0.931. The van der Waals surface area contributed by atoms with Crippen molar-refractivity contribution in [1.29, 1.82) is 0 Å². The molecule has 1 fully saturated rings. The fraction of sp³-hybridized carbons (Fsp3) is 0.519. The predicted octanol–water partition coefficient (Wildman–Crippen LogP) is 6.31. The molecule has 6 heteroatoms. The van der Waals surface area contributed by atoms with Crippen LogP contribution in [0.3, 0.4) is 0 Å². The van der Waals surface area contributed by atoms with Crippen LogP contribution in [0.25, 0.3) is 0 Å². The number of aryl methyl sites for hydroxylation is 1. The monoisotopic (exact) mass is 462 g/mol. The average Bonchev–Trinajstić information content (AvgIpc) is 2.79. The van der Waals surface area contributed by atoms with Crippen molar-refractivity contribution in [2.24, 2.45) is 0 Å². The molecule has 2 aromatic carbocycles. The van der Waals surface area contributed by atoms with Gasteiger partial charge in [0.25, 0.3) is 5.91 Å². The normalized spacial score (nSPS) is 15.0. The van der Waals surface area contributed by atoms with Crippen LogP contribution in [0, 0.1) is 18.6 Å². The number of carbonyl (C=O) groups excluding carboxylic acids is 1. The van der Waals surface area contributed by atoms with Crippen molar-refractivity contribution in [1.82, 2.24) is 10.6 Å². The Labute approximate surface area is 196 Å². The number of alkyl halides is 1. The molecule has 0 radical (unpaired) electrons. The molecule has 1 amide bonds. The maximum absolute atomic E-state index is 12.2. The lowest BCUT2D eigenvalue weighted by molar-refractivity contribution is -0.121. The number of hydrogen-bond donors (Lipinski definition) is 2. The molecule has 0 spiro atoms. The zero-order valence-corrected chi connectivity index (χ0v) is 20.0.